The Hall–Kier alpha value is 0.640. The van der Waals surface area contributed by atoms with Crippen molar-refractivity contribution >= 4 is 23.4 Å². The summed E-state index contributed by atoms with van der Waals surface area (Å²) in [4.78, 5) is 0. The van der Waals surface area contributed by atoms with E-state index in [-0.39, 0.29) is 0 Å². The lowest BCUT2D eigenvalue weighted by Gasteiger charge is -2.14. The first kappa shape index (κ1) is 7.64. The van der Waals surface area contributed by atoms with E-state index in [0.717, 1.165) is 0 Å². The second-order valence-corrected chi connectivity index (χ2v) is 4.75. The standard InChI is InChI=1S/C5H11ClS/c1-5(2,3)7-4-6/h4H2,1-3H3. The molecule has 0 rings (SSSR count). The molecule has 0 N–H and O–H groups in total. The second-order valence-electron chi connectivity index (χ2n) is 2.37. The van der Waals surface area contributed by atoms with E-state index in [1.807, 2.05) is 0 Å². The molecule has 0 aromatic rings. The van der Waals surface area contributed by atoms with Crippen LogP contribution < -0.4 is 0 Å². The highest BCUT2D eigenvalue weighted by molar-refractivity contribution is 8.01. The van der Waals surface area contributed by atoms with E-state index in [4.69, 9.17) is 11.6 Å². The highest BCUT2D eigenvalue weighted by Crippen LogP contribution is 2.23. The Morgan fingerprint density at radius 1 is 1.43 bits per heavy atom. The maximum absolute atomic E-state index is 5.45. The molecule has 0 fully saturated rings. The summed E-state index contributed by atoms with van der Waals surface area (Å²) in [6.07, 6.45) is 0. The first-order chi connectivity index (χ1) is 3.06. The van der Waals surface area contributed by atoms with E-state index >= 15 is 0 Å². The molecule has 0 saturated heterocycles. The SMILES string of the molecule is CC(C)(C)SCCl. The van der Waals surface area contributed by atoms with Gasteiger partial charge in [0.2, 0.25) is 0 Å². The van der Waals surface area contributed by atoms with E-state index in [1.165, 1.54) is 0 Å². The smallest absolute Gasteiger partial charge is 0.0685 e. The highest BCUT2D eigenvalue weighted by atomic mass is 35.5. The fraction of sp³-hybridized carbons (Fsp3) is 1.00. The molecule has 0 saturated carbocycles. The maximum Gasteiger partial charge on any atom is 0.0685 e. The summed E-state index contributed by atoms with van der Waals surface area (Å²) in [5.74, 6) is 0. The molecule has 0 nitrogen and oxygen atoms in total. The van der Waals surface area contributed by atoms with Crippen LogP contribution >= 0.6 is 23.4 Å². The molecule has 0 aliphatic heterocycles. The summed E-state index contributed by atoms with van der Waals surface area (Å²) < 4.78 is 0.335. The maximum atomic E-state index is 5.45. The number of rotatable bonds is 1. The topological polar surface area (TPSA) is 0 Å². The Bertz CT molecular complexity index is 46.5. The first-order valence-corrected chi connectivity index (χ1v) is 3.78. The van der Waals surface area contributed by atoms with Gasteiger partial charge in [-0.1, -0.05) is 20.8 Å². The molecule has 0 aromatic carbocycles. The zero-order chi connectivity index (χ0) is 5.91. The van der Waals surface area contributed by atoms with E-state index in [2.05, 4.69) is 20.8 Å². The van der Waals surface area contributed by atoms with Crippen molar-refractivity contribution in [2.45, 2.75) is 25.5 Å². The molecule has 44 valence electrons. The Balaban J connectivity index is 3.15. The molecule has 0 radical (unpaired) electrons. The van der Waals surface area contributed by atoms with Gasteiger partial charge in [0.1, 0.15) is 0 Å². The van der Waals surface area contributed by atoms with Crippen LogP contribution in [0.2, 0.25) is 0 Å². The molecule has 0 heterocycles. The molecule has 0 aliphatic carbocycles. The van der Waals surface area contributed by atoms with E-state index in [9.17, 15) is 0 Å². The molecule has 2 heteroatoms. The summed E-state index contributed by atoms with van der Waals surface area (Å²) >= 11 is 7.20. The van der Waals surface area contributed by atoms with Gasteiger partial charge in [-0.15, -0.1) is 23.4 Å². The monoisotopic (exact) mass is 138 g/mol. The van der Waals surface area contributed by atoms with Gasteiger partial charge in [-0.25, -0.2) is 0 Å². The zero-order valence-electron chi connectivity index (χ0n) is 4.99. The fourth-order valence-corrected chi connectivity index (χ4v) is 1.47. The zero-order valence-corrected chi connectivity index (χ0v) is 6.57. The van der Waals surface area contributed by atoms with Crippen LogP contribution in [0.25, 0.3) is 0 Å². The van der Waals surface area contributed by atoms with Crippen molar-refractivity contribution in [3.05, 3.63) is 0 Å². The summed E-state index contributed by atoms with van der Waals surface area (Å²) in [6.45, 7) is 6.46. The van der Waals surface area contributed by atoms with Gasteiger partial charge in [0.25, 0.3) is 0 Å². The van der Waals surface area contributed by atoms with Gasteiger partial charge in [0.05, 0.1) is 5.21 Å². The highest BCUT2D eigenvalue weighted by Gasteiger charge is 2.07. The van der Waals surface area contributed by atoms with Crippen molar-refractivity contribution in [3.63, 3.8) is 0 Å². The lowest BCUT2D eigenvalue weighted by atomic mass is 10.3. The third-order valence-corrected chi connectivity index (χ3v) is 1.79. The van der Waals surface area contributed by atoms with E-state index in [0.29, 0.717) is 9.96 Å². The summed E-state index contributed by atoms with van der Waals surface area (Å²) in [5.41, 5.74) is 0. The average Bonchev–Trinajstić information content (AvgIpc) is 1.30. The van der Waals surface area contributed by atoms with Crippen molar-refractivity contribution < 1.29 is 0 Å². The van der Waals surface area contributed by atoms with Crippen LogP contribution in [0.15, 0.2) is 0 Å². The molecule has 0 spiro atoms. The summed E-state index contributed by atoms with van der Waals surface area (Å²) in [6, 6.07) is 0. The first-order valence-electron chi connectivity index (χ1n) is 2.26. The van der Waals surface area contributed by atoms with Gasteiger partial charge in [0, 0.05) is 4.75 Å². The van der Waals surface area contributed by atoms with Gasteiger partial charge < -0.3 is 0 Å². The molecule has 0 aliphatic rings. The van der Waals surface area contributed by atoms with E-state index < -0.39 is 0 Å². The van der Waals surface area contributed by atoms with E-state index in [1.54, 1.807) is 11.8 Å². The van der Waals surface area contributed by atoms with Crippen molar-refractivity contribution in [1.82, 2.24) is 0 Å². The minimum atomic E-state index is 0.335. The number of alkyl halides is 1. The average molecular weight is 139 g/mol. The number of thioether (sulfide) groups is 1. The number of hydrogen-bond donors (Lipinski definition) is 0. The predicted molar refractivity (Wildman–Crippen MR) is 38.1 cm³/mol. The third-order valence-electron chi connectivity index (χ3n) is 0.488. The lowest BCUT2D eigenvalue weighted by Crippen LogP contribution is -2.06. The van der Waals surface area contributed by atoms with Gasteiger partial charge in [-0.05, 0) is 0 Å². The Labute approximate surface area is 54.6 Å². The van der Waals surface area contributed by atoms with Crippen LogP contribution in [0.1, 0.15) is 20.8 Å². The van der Waals surface area contributed by atoms with Crippen molar-refractivity contribution in [2.75, 3.05) is 5.21 Å². The Morgan fingerprint density at radius 3 is 1.86 bits per heavy atom. The molecular formula is C5H11ClS. The van der Waals surface area contributed by atoms with Crippen LogP contribution in [0.3, 0.4) is 0 Å². The Morgan fingerprint density at radius 2 is 1.86 bits per heavy atom. The lowest BCUT2D eigenvalue weighted by molar-refractivity contribution is 0.805. The van der Waals surface area contributed by atoms with Crippen molar-refractivity contribution in [1.29, 1.82) is 0 Å². The van der Waals surface area contributed by atoms with Gasteiger partial charge in [0.15, 0.2) is 0 Å². The van der Waals surface area contributed by atoms with Crippen LogP contribution in [-0.4, -0.2) is 9.96 Å². The van der Waals surface area contributed by atoms with Gasteiger partial charge >= 0.3 is 0 Å². The molecule has 0 unspecified atom stereocenters. The van der Waals surface area contributed by atoms with Crippen LogP contribution in [0.5, 0.6) is 0 Å². The van der Waals surface area contributed by atoms with Gasteiger partial charge in [-0.3, -0.25) is 0 Å². The molecule has 7 heavy (non-hydrogen) atoms. The largest absolute Gasteiger partial charge is 0.140 e. The predicted octanol–water partition coefficient (Wildman–Crippen LogP) is 2.71. The third kappa shape index (κ3) is 6.64. The van der Waals surface area contributed by atoms with Crippen molar-refractivity contribution in [2.24, 2.45) is 0 Å². The molecule has 0 atom stereocenters. The fourth-order valence-electron chi connectivity index (χ4n) is 0.164. The minimum Gasteiger partial charge on any atom is -0.140 e. The van der Waals surface area contributed by atoms with Gasteiger partial charge in [-0.2, -0.15) is 0 Å². The van der Waals surface area contributed by atoms with Crippen LogP contribution in [0.4, 0.5) is 0 Å². The minimum absolute atomic E-state index is 0.335. The van der Waals surface area contributed by atoms with Crippen molar-refractivity contribution in [3.8, 4) is 0 Å². The number of halogens is 1. The summed E-state index contributed by atoms with van der Waals surface area (Å²) in [7, 11) is 0. The Kier molecular flexibility index (Phi) is 3.09. The molecular weight excluding hydrogens is 128 g/mol. The second kappa shape index (κ2) is 2.83. The summed E-state index contributed by atoms with van der Waals surface area (Å²) in [5, 5.41) is 0.698. The molecule has 0 bridgehead atoms. The quantitative estimate of drug-likeness (QED) is 0.502. The normalized spacial score (nSPS) is 12.0. The molecule has 0 aromatic heterocycles. The number of hydrogen-bond acceptors (Lipinski definition) is 1. The van der Waals surface area contributed by atoms with Crippen LogP contribution in [0, 0.1) is 0 Å². The molecule has 0 amide bonds. The van der Waals surface area contributed by atoms with Crippen LogP contribution in [-0.2, 0) is 0 Å².